The van der Waals surface area contributed by atoms with E-state index < -0.39 is 17.2 Å². The molecule has 6 nitrogen and oxygen atoms in total. The molecule has 0 aromatic carbocycles. The lowest BCUT2D eigenvalue weighted by Crippen LogP contribution is -2.46. The van der Waals surface area contributed by atoms with Crippen LogP contribution in [-0.4, -0.2) is 35.7 Å². The highest BCUT2D eigenvalue weighted by Crippen LogP contribution is 2.34. The van der Waals surface area contributed by atoms with Gasteiger partial charge < -0.3 is 21.1 Å². The van der Waals surface area contributed by atoms with Gasteiger partial charge in [0, 0.05) is 6.04 Å². The Morgan fingerprint density at radius 2 is 1.86 bits per heavy atom. The molecule has 0 heterocycles. The molecule has 6 heteroatoms. The molecule has 1 fully saturated rings. The standard InChI is InChI=1S/C16H31N3O3/c1-11(2)10-12(19-14(21)22-15(3,4)5)6-9-18-16(7-8-16)13(17)20/h11-12,18H,6-10H2,1-5H3,(H2,17,20)(H,19,21). The van der Waals surface area contributed by atoms with Crippen molar-refractivity contribution in [3.63, 3.8) is 0 Å². The molecule has 1 saturated carbocycles. The zero-order chi connectivity index (χ0) is 17.0. The van der Waals surface area contributed by atoms with Crippen LogP contribution in [-0.2, 0) is 9.53 Å². The summed E-state index contributed by atoms with van der Waals surface area (Å²) in [6.45, 7) is 10.4. The fraction of sp³-hybridized carbons (Fsp3) is 0.875. The van der Waals surface area contributed by atoms with Crippen molar-refractivity contribution in [3.8, 4) is 0 Å². The maximum atomic E-state index is 11.9. The summed E-state index contributed by atoms with van der Waals surface area (Å²) in [4.78, 5) is 23.2. The van der Waals surface area contributed by atoms with Crippen LogP contribution in [0.3, 0.4) is 0 Å². The number of primary amides is 1. The topological polar surface area (TPSA) is 93.5 Å². The second-order valence-electron chi connectivity index (χ2n) is 7.63. The van der Waals surface area contributed by atoms with Crippen molar-refractivity contribution in [1.29, 1.82) is 0 Å². The second-order valence-corrected chi connectivity index (χ2v) is 7.63. The molecule has 0 aromatic rings. The van der Waals surface area contributed by atoms with Gasteiger partial charge in [-0.3, -0.25) is 4.79 Å². The van der Waals surface area contributed by atoms with Crippen LogP contribution in [0.25, 0.3) is 0 Å². The molecule has 1 aliphatic carbocycles. The number of alkyl carbamates (subject to hydrolysis) is 1. The molecule has 0 saturated heterocycles. The highest BCUT2D eigenvalue weighted by molar-refractivity contribution is 5.87. The van der Waals surface area contributed by atoms with Gasteiger partial charge in [0.2, 0.25) is 5.91 Å². The Balaban J connectivity index is 2.43. The molecule has 1 aliphatic rings. The van der Waals surface area contributed by atoms with Crippen molar-refractivity contribution in [2.24, 2.45) is 11.7 Å². The summed E-state index contributed by atoms with van der Waals surface area (Å²) in [5, 5.41) is 6.15. The van der Waals surface area contributed by atoms with Crippen molar-refractivity contribution in [2.75, 3.05) is 6.54 Å². The molecule has 128 valence electrons. The van der Waals surface area contributed by atoms with Crippen LogP contribution in [0.1, 0.15) is 60.3 Å². The third-order valence-electron chi connectivity index (χ3n) is 3.65. The SMILES string of the molecule is CC(C)CC(CCNC1(C(N)=O)CC1)NC(=O)OC(C)(C)C. The molecular formula is C16H31N3O3. The van der Waals surface area contributed by atoms with E-state index in [9.17, 15) is 9.59 Å². The molecule has 0 radical (unpaired) electrons. The lowest BCUT2D eigenvalue weighted by atomic mass is 10.0. The van der Waals surface area contributed by atoms with Gasteiger partial charge in [-0.25, -0.2) is 4.79 Å². The Morgan fingerprint density at radius 3 is 2.27 bits per heavy atom. The lowest BCUT2D eigenvalue weighted by Gasteiger charge is -2.25. The van der Waals surface area contributed by atoms with Gasteiger partial charge in [0.25, 0.3) is 0 Å². The van der Waals surface area contributed by atoms with Crippen LogP contribution in [0.4, 0.5) is 4.79 Å². The van der Waals surface area contributed by atoms with Gasteiger partial charge in [0.15, 0.2) is 0 Å². The number of carbonyl (C=O) groups is 2. The first-order valence-corrected chi connectivity index (χ1v) is 8.08. The summed E-state index contributed by atoms with van der Waals surface area (Å²) < 4.78 is 5.30. The Hall–Kier alpha value is -1.30. The summed E-state index contributed by atoms with van der Waals surface area (Å²) in [6.07, 6.45) is 2.82. The lowest BCUT2D eigenvalue weighted by molar-refractivity contribution is -0.121. The highest BCUT2D eigenvalue weighted by atomic mass is 16.6. The second kappa shape index (κ2) is 7.31. The van der Waals surface area contributed by atoms with E-state index in [0.29, 0.717) is 12.5 Å². The molecule has 0 aromatic heterocycles. The average molecular weight is 313 g/mol. The van der Waals surface area contributed by atoms with Crippen LogP contribution < -0.4 is 16.4 Å². The van der Waals surface area contributed by atoms with E-state index in [1.165, 1.54) is 0 Å². The van der Waals surface area contributed by atoms with Gasteiger partial charge in [-0.2, -0.15) is 0 Å². The van der Waals surface area contributed by atoms with Gasteiger partial charge in [-0.15, -0.1) is 0 Å². The van der Waals surface area contributed by atoms with Gasteiger partial charge in [-0.1, -0.05) is 13.8 Å². The van der Waals surface area contributed by atoms with Crippen LogP contribution in [0.15, 0.2) is 0 Å². The van der Waals surface area contributed by atoms with Crippen LogP contribution >= 0.6 is 0 Å². The normalized spacial score (nSPS) is 17.9. The predicted octanol–water partition coefficient (Wildman–Crippen LogP) is 1.92. The molecular weight excluding hydrogens is 282 g/mol. The summed E-state index contributed by atoms with van der Waals surface area (Å²) >= 11 is 0. The molecule has 1 unspecified atom stereocenters. The zero-order valence-corrected chi connectivity index (χ0v) is 14.5. The monoisotopic (exact) mass is 313 g/mol. The largest absolute Gasteiger partial charge is 0.444 e. The van der Waals surface area contributed by atoms with E-state index >= 15 is 0 Å². The van der Waals surface area contributed by atoms with E-state index in [1.54, 1.807) is 0 Å². The summed E-state index contributed by atoms with van der Waals surface area (Å²) in [5.41, 5.74) is 4.38. The maximum absolute atomic E-state index is 11.9. The zero-order valence-electron chi connectivity index (χ0n) is 14.5. The molecule has 1 rings (SSSR count). The third kappa shape index (κ3) is 6.64. The minimum atomic E-state index is -0.506. The third-order valence-corrected chi connectivity index (χ3v) is 3.65. The van der Waals surface area contributed by atoms with Crippen molar-refractivity contribution >= 4 is 12.0 Å². The van der Waals surface area contributed by atoms with Gasteiger partial charge in [-0.05, 0) is 58.9 Å². The molecule has 2 amide bonds. The van der Waals surface area contributed by atoms with Crippen molar-refractivity contribution in [2.45, 2.75) is 77.5 Å². The first-order chi connectivity index (χ1) is 10.0. The highest BCUT2D eigenvalue weighted by Gasteiger charge is 2.47. The van der Waals surface area contributed by atoms with E-state index in [0.717, 1.165) is 25.7 Å². The van der Waals surface area contributed by atoms with Crippen LogP contribution in [0.5, 0.6) is 0 Å². The number of rotatable bonds is 8. The Bertz CT molecular complexity index is 398. The number of ether oxygens (including phenoxy) is 1. The minimum Gasteiger partial charge on any atom is -0.444 e. The van der Waals surface area contributed by atoms with Gasteiger partial charge >= 0.3 is 6.09 Å². The van der Waals surface area contributed by atoms with Crippen molar-refractivity contribution in [3.05, 3.63) is 0 Å². The summed E-state index contributed by atoms with van der Waals surface area (Å²) in [5.74, 6) is 0.180. The minimum absolute atomic E-state index is 0.0195. The summed E-state index contributed by atoms with van der Waals surface area (Å²) in [7, 11) is 0. The maximum Gasteiger partial charge on any atom is 0.407 e. The molecule has 1 atom stereocenters. The van der Waals surface area contributed by atoms with Crippen molar-refractivity contribution < 1.29 is 14.3 Å². The van der Waals surface area contributed by atoms with E-state index in [1.807, 2.05) is 20.8 Å². The van der Waals surface area contributed by atoms with Crippen LogP contribution in [0, 0.1) is 5.92 Å². The van der Waals surface area contributed by atoms with E-state index in [-0.39, 0.29) is 11.9 Å². The number of hydrogen-bond donors (Lipinski definition) is 3. The average Bonchev–Trinajstić information content (AvgIpc) is 3.06. The van der Waals surface area contributed by atoms with E-state index in [2.05, 4.69) is 24.5 Å². The quantitative estimate of drug-likeness (QED) is 0.638. The molecule has 0 spiro atoms. The number of nitrogens with two attached hydrogens (primary N) is 1. The first kappa shape index (κ1) is 18.7. The van der Waals surface area contributed by atoms with Crippen LogP contribution in [0.2, 0.25) is 0 Å². The van der Waals surface area contributed by atoms with Gasteiger partial charge in [0.1, 0.15) is 5.60 Å². The van der Waals surface area contributed by atoms with E-state index in [4.69, 9.17) is 10.5 Å². The molecule has 4 N–H and O–H groups in total. The molecule has 0 aliphatic heterocycles. The number of hydrogen-bond acceptors (Lipinski definition) is 4. The fourth-order valence-corrected chi connectivity index (χ4v) is 2.41. The number of nitrogens with one attached hydrogen (secondary N) is 2. The Morgan fingerprint density at radius 1 is 1.27 bits per heavy atom. The number of amides is 2. The fourth-order valence-electron chi connectivity index (χ4n) is 2.41. The Kier molecular flexibility index (Phi) is 6.23. The smallest absolute Gasteiger partial charge is 0.407 e. The predicted molar refractivity (Wildman–Crippen MR) is 86.4 cm³/mol. The molecule has 0 bridgehead atoms. The first-order valence-electron chi connectivity index (χ1n) is 8.08. The Labute approximate surface area is 133 Å². The van der Waals surface area contributed by atoms with Crippen molar-refractivity contribution in [1.82, 2.24) is 10.6 Å². The summed E-state index contributed by atoms with van der Waals surface area (Å²) in [6, 6.07) is 0.0195. The van der Waals surface area contributed by atoms with Gasteiger partial charge in [0.05, 0.1) is 5.54 Å². The molecule has 22 heavy (non-hydrogen) atoms. The number of carbonyl (C=O) groups excluding carboxylic acids is 2.